The van der Waals surface area contributed by atoms with Gasteiger partial charge in [0.2, 0.25) is 5.91 Å². The van der Waals surface area contributed by atoms with Crippen LogP contribution in [0.2, 0.25) is 0 Å². The van der Waals surface area contributed by atoms with Gasteiger partial charge < -0.3 is 10.4 Å². The van der Waals surface area contributed by atoms with Gasteiger partial charge in [-0.2, -0.15) is 0 Å². The van der Waals surface area contributed by atoms with Gasteiger partial charge in [0, 0.05) is 6.04 Å². The molecule has 2 N–H and O–H groups in total. The standard InChI is InChI=1S/C18H23NO3/c20-17(19-16-8-6-14(7-9-16)18(21)22)11-12-4-5-13-2-1-3-15(13)10-12/h4-5,10,14,16H,1-3,6-9,11H2,(H,19,20)(H,21,22). The number of amides is 1. The normalized spacial score (nSPS) is 23.8. The molecule has 2 aliphatic rings. The Morgan fingerprint density at radius 3 is 2.55 bits per heavy atom. The predicted molar refractivity (Wildman–Crippen MR) is 83.7 cm³/mol. The number of carbonyl (C=O) groups excluding carboxylic acids is 1. The quantitative estimate of drug-likeness (QED) is 0.898. The lowest BCUT2D eigenvalue weighted by atomic mass is 9.86. The fourth-order valence-corrected chi connectivity index (χ4v) is 3.68. The van der Waals surface area contributed by atoms with Gasteiger partial charge in [-0.15, -0.1) is 0 Å². The van der Waals surface area contributed by atoms with Crippen LogP contribution in [-0.4, -0.2) is 23.0 Å². The molecule has 1 fully saturated rings. The molecule has 2 aliphatic carbocycles. The number of carboxylic acids is 1. The SMILES string of the molecule is O=C(Cc1ccc2c(c1)CCC2)NC1CCC(C(=O)O)CC1. The third-order valence-electron chi connectivity index (χ3n) is 4.97. The summed E-state index contributed by atoms with van der Waals surface area (Å²) in [6.45, 7) is 0. The summed E-state index contributed by atoms with van der Waals surface area (Å²) in [7, 11) is 0. The lowest BCUT2D eigenvalue weighted by Gasteiger charge is -2.26. The van der Waals surface area contributed by atoms with Gasteiger partial charge in [0.1, 0.15) is 0 Å². The van der Waals surface area contributed by atoms with E-state index in [9.17, 15) is 9.59 Å². The van der Waals surface area contributed by atoms with Gasteiger partial charge in [0.15, 0.2) is 0 Å². The Hall–Kier alpha value is -1.84. The fourth-order valence-electron chi connectivity index (χ4n) is 3.68. The first-order chi connectivity index (χ1) is 10.6. The van der Waals surface area contributed by atoms with Crippen LogP contribution in [0.25, 0.3) is 0 Å². The number of carboxylic acid groups (broad SMARTS) is 1. The minimum absolute atomic E-state index is 0.0525. The molecule has 22 heavy (non-hydrogen) atoms. The van der Waals surface area contributed by atoms with Crippen LogP contribution in [0, 0.1) is 5.92 Å². The highest BCUT2D eigenvalue weighted by Crippen LogP contribution is 2.25. The summed E-state index contributed by atoms with van der Waals surface area (Å²) in [6.07, 6.45) is 6.81. The number of aryl methyl sites for hydroxylation is 2. The minimum Gasteiger partial charge on any atom is -0.481 e. The number of aliphatic carboxylic acids is 1. The van der Waals surface area contributed by atoms with Gasteiger partial charge >= 0.3 is 5.97 Å². The summed E-state index contributed by atoms with van der Waals surface area (Å²) in [4.78, 5) is 23.1. The monoisotopic (exact) mass is 301 g/mol. The van der Waals surface area contributed by atoms with E-state index in [1.54, 1.807) is 0 Å². The van der Waals surface area contributed by atoms with E-state index in [0.29, 0.717) is 19.3 Å². The summed E-state index contributed by atoms with van der Waals surface area (Å²) in [6, 6.07) is 6.52. The van der Waals surface area contributed by atoms with E-state index in [-0.39, 0.29) is 17.9 Å². The Kier molecular flexibility index (Phi) is 4.46. The number of rotatable bonds is 4. The van der Waals surface area contributed by atoms with Crippen LogP contribution in [0.4, 0.5) is 0 Å². The zero-order chi connectivity index (χ0) is 15.5. The van der Waals surface area contributed by atoms with Crippen LogP contribution in [-0.2, 0) is 28.9 Å². The zero-order valence-corrected chi connectivity index (χ0v) is 12.8. The second-order valence-corrected chi connectivity index (χ2v) is 6.59. The van der Waals surface area contributed by atoms with Crippen molar-refractivity contribution in [3.63, 3.8) is 0 Å². The van der Waals surface area contributed by atoms with Crippen molar-refractivity contribution in [3.8, 4) is 0 Å². The second kappa shape index (κ2) is 6.51. The van der Waals surface area contributed by atoms with Crippen LogP contribution in [0.1, 0.15) is 48.8 Å². The summed E-state index contributed by atoms with van der Waals surface area (Å²) < 4.78 is 0. The van der Waals surface area contributed by atoms with Gasteiger partial charge in [-0.1, -0.05) is 18.2 Å². The van der Waals surface area contributed by atoms with Crippen LogP contribution >= 0.6 is 0 Å². The Balaban J connectivity index is 1.50. The largest absolute Gasteiger partial charge is 0.481 e. The van der Waals surface area contributed by atoms with E-state index >= 15 is 0 Å². The fraction of sp³-hybridized carbons (Fsp3) is 0.556. The first kappa shape index (κ1) is 15.1. The van der Waals surface area contributed by atoms with E-state index in [4.69, 9.17) is 5.11 Å². The van der Waals surface area contributed by atoms with Gasteiger partial charge in [-0.05, 0) is 61.6 Å². The first-order valence-corrected chi connectivity index (χ1v) is 8.24. The van der Waals surface area contributed by atoms with E-state index in [2.05, 4.69) is 23.5 Å². The number of hydrogen-bond donors (Lipinski definition) is 2. The van der Waals surface area contributed by atoms with Crippen molar-refractivity contribution in [2.45, 2.75) is 57.4 Å². The van der Waals surface area contributed by atoms with E-state index in [1.165, 1.54) is 17.5 Å². The van der Waals surface area contributed by atoms with Crippen molar-refractivity contribution >= 4 is 11.9 Å². The number of hydrogen-bond acceptors (Lipinski definition) is 2. The number of nitrogens with one attached hydrogen (secondary N) is 1. The molecule has 0 heterocycles. The minimum atomic E-state index is -0.706. The highest BCUT2D eigenvalue weighted by molar-refractivity contribution is 5.79. The molecule has 0 aliphatic heterocycles. The molecule has 4 heteroatoms. The predicted octanol–water partition coefficient (Wildman–Crippen LogP) is 2.48. The topological polar surface area (TPSA) is 66.4 Å². The summed E-state index contributed by atoms with van der Waals surface area (Å²) in [5.41, 5.74) is 3.90. The third kappa shape index (κ3) is 3.49. The Morgan fingerprint density at radius 2 is 1.82 bits per heavy atom. The number of fused-ring (bicyclic) bond motifs is 1. The number of benzene rings is 1. The Bertz CT molecular complexity index is 574. The van der Waals surface area contributed by atoms with E-state index < -0.39 is 5.97 Å². The second-order valence-electron chi connectivity index (χ2n) is 6.59. The van der Waals surface area contributed by atoms with E-state index in [1.807, 2.05) is 0 Å². The van der Waals surface area contributed by atoms with Crippen LogP contribution in [0.3, 0.4) is 0 Å². The van der Waals surface area contributed by atoms with Crippen LogP contribution < -0.4 is 5.32 Å². The van der Waals surface area contributed by atoms with Crippen molar-refractivity contribution in [2.75, 3.05) is 0 Å². The summed E-state index contributed by atoms with van der Waals surface area (Å²) >= 11 is 0. The zero-order valence-electron chi connectivity index (χ0n) is 12.8. The van der Waals surface area contributed by atoms with Crippen molar-refractivity contribution < 1.29 is 14.7 Å². The molecule has 1 aromatic carbocycles. The molecular weight excluding hydrogens is 278 g/mol. The maximum Gasteiger partial charge on any atom is 0.306 e. The molecular formula is C18H23NO3. The molecule has 0 bridgehead atoms. The van der Waals surface area contributed by atoms with Crippen molar-refractivity contribution in [3.05, 3.63) is 34.9 Å². The summed E-state index contributed by atoms with van der Waals surface area (Å²) in [5.74, 6) is -0.885. The molecule has 118 valence electrons. The average molecular weight is 301 g/mol. The molecule has 0 saturated heterocycles. The van der Waals surface area contributed by atoms with Crippen molar-refractivity contribution in [1.29, 1.82) is 0 Å². The lowest BCUT2D eigenvalue weighted by Crippen LogP contribution is -2.39. The molecule has 0 spiro atoms. The Labute approximate surface area is 130 Å². The smallest absolute Gasteiger partial charge is 0.306 e. The maximum atomic E-state index is 12.2. The van der Waals surface area contributed by atoms with Gasteiger partial charge in [0.25, 0.3) is 0 Å². The highest BCUT2D eigenvalue weighted by Gasteiger charge is 2.26. The highest BCUT2D eigenvalue weighted by atomic mass is 16.4. The van der Waals surface area contributed by atoms with Gasteiger partial charge in [-0.25, -0.2) is 0 Å². The Morgan fingerprint density at radius 1 is 1.09 bits per heavy atom. The molecule has 4 nitrogen and oxygen atoms in total. The molecule has 1 amide bonds. The molecule has 1 aromatic rings. The molecule has 1 saturated carbocycles. The van der Waals surface area contributed by atoms with Gasteiger partial charge in [-0.3, -0.25) is 9.59 Å². The van der Waals surface area contributed by atoms with E-state index in [0.717, 1.165) is 31.2 Å². The molecule has 0 radical (unpaired) electrons. The first-order valence-electron chi connectivity index (χ1n) is 8.24. The molecule has 0 unspecified atom stereocenters. The summed E-state index contributed by atoms with van der Waals surface area (Å²) in [5, 5.41) is 12.1. The lowest BCUT2D eigenvalue weighted by molar-refractivity contribution is -0.142. The molecule has 0 atom stereocenters. The van der Waals surface area contributed by atoms with Gasteiger partial charge in [0.05, 0.1) is 12.3 Å². The number of carbonyl (C=O) groups is 2. The van der Waals surface area contributed by atoms with Crippen LogP contribution in [0.5, 0.6) is 0 Å². The van der Waals surface area contributed by atoms with Crippen molar-refractivity contribution in [2.24, 2.45) is 5.92 Å². The van der Waals surface area contributed by atoms with Crippen LogP contribution in [0.15, 0.2) is 18.2 Å². The third-order valence-corrected chi connectivity index (χ3v) is 4.97. The average Bonchev–Trinajstić information content (AvgIpc) is 2.95. The maximum absolute atomic E-state index is 12.2. The van der Waals surface area contributed by atoms with Crippen molar-refractivity contribution in [1.82, 2.24) is 5.32 Å². The molecule has 0 aromatic heterocycles. The molecule has 3 rings (SSSR count).